The molecule has 0 saturated carbocycles. The molecule has 0 fully saturated rings. The van der Waals surface area contributed by atoms with Crippen LogP contribution in [0, 0.1) is 25.0 Å². The van der Waals surface area contributed by atoms with Crippen molar-refractivity contribution in [2.45, 2.75) is 90.2 Å². The van der Waals surface area contributed by atoms with Crippen LogP contribution >= 0.6 is 0 Å². The third kappa shape index (κ3) is 9.10. The molecular formula is C55H52F3GeIrN5O2-2. The molecule has 7 nitrogen and oxygen atoms in total. The number of imidazole rings is 1. The molecule has 6 heterocycles. The first-order valence-corrected chi connectivity index (χ1v) is 29.8. The standard InChI is InChI=1S/C31H26F3N4O.C24H26GeNO.Ir/c1-16(2)19-8-6-9-20(17(3)4)27(19)38-25-15-35-18(5)14-24(25)36-29(38)23-11-7-10-21-22-12-13-26(31(32,33)34)37-30(22)39-28(21)23;1-16(2)13-17-14-22(26-15-21(17)25(3,4)5)20-11-8-10-19-18-9-6-7-12-23(18)27-24(19)20;/h6-10,12-17H,1-5H3;6-10,12,14-16H,13H2,1-5H3;/q2*-1;. The first kappa shape index (κ1) is 47.9. The van der Waals surface area contributed by atoms with Gasteiger partial charge < -0.3 is 8.98 Å². The summed E-state index contributed by atoms with van der Waals surface area (Å²) in [6.45, 7) is 15.1. The van der Waals surface area contributed by atoms with Crippen LogP contribution in [0.3, 0.4) is 0 Å². The molecule has 0 aliphatic carbocycles. The zero-order valence-electron chi connectivity index (χ0n) is 39.3. The fourth-order valence-electron chi connectivity index (χ4n) is 8.99. The monoisotopic (exact) mass is 1140 g/mol. The molecular weight excluding hydrogens is 1080 g/mol. The number of aromatic nitrogens is 5. The van der Waals surface area contributed by atoms with Crippen molar-refractivity contribution in [2.75, 3.05) is 0 Å². The van der Waals surface area contributed by atoms with Crippen molar-refractivity contribution >= 4 is 72.7 Å². The van der Waals surface area contributed by atoms with Gasteiger partial charge in [-0.3, -0.25) is 9.97 Å². The maximum atomic E-state index is 13.4. The van der Waals surface area contributed by atoms with Crippen molar-refractivity contribution in [1.29, 1.82) is 0 Å². The Morgan fingerprint density at radius 1 is 0.701 bits per heavy atom. The summed E-state index contributed by atoms with van der Waals surface area (Å²) < 4.78 is 56.0. The van der Waals surface area contributed by atoms with Crippen LogP contribution < -0.4 is 4.40 Å². The summed E-state index contributed by atoms with van der Waals surface area (Å²) in [5.74, 6) is 8.95. The molecule has 1 radical (unpaired) electrons. The summed E-state index contributed by atoms with van der Waals surface area (Å²) >= 11 is -1.98. The fraction of sp³-hybridized carbons (Fsp3) is 0.273. The summed E-state index contributed by atoms with van der Waals surface area (Å²) in [6.07, 6.45) is 0.457. The second-order valence-corrected chi connectivity index (χ2v) is 29.8. The van der Waals surface area contributed by atoms with Crippen molar-refractivity contribution < 1.29 is 42.1 Å². The summed E-state index contributed by atoms with van der Waals surface area (Å²) in [4.78, 5) is 18.2. The average Bonchev–Trinajstić information content (AvgIpc) is 3.96. The molecule has 0 unspecified atom stereocenters. The number of hydrogen-bond acceptors (Lipinski definition) is 6. The number of halogens is 3. The van der Waals surface area contributed by atoms with Crippen LogP contribution in [0.1, 0.15) is 81.5 Å². The number of aryl methyl sites for hydroxylation is 1. The Bertz CT molecular complexity index is 3430. The maximum absolute atomic E-state index is 13.4. The molecule has 0 bridgehead atoms. The summed E-state index contributed by atoms with van der Waals surface area (Å²) in [5, 5.41) is 3.42. The molecule has 12 heteroatoms. The minimum absolute atomic E-state index is 0. The minimum Gasteiger partial charge on any atom is -0.486 e. The first-order valence-electron chi connectivity index (χ1n) is 22.5. The number of rotatable bonds is 8. The van der Waals surface area contributed by atoms with E-state index >= 15 is 0 Å². The summed E-state index contributed by atoms with van der Waals surface area (Å²) in [7, 11) is 0. The summed E-state index contributed by atoms with van der Waals surface area (Å²) in [6, 6.07) is 35.4. The van der Waals surface area contributed by atoms with Crippen molar-refractivity contribution in [3.63, 3.8) is 0 Å². The van der Waals surface area contributed by atoms with Gasteiger partial charge in [0.05, 0.1) is 28.6 Å². The van der Waals surface area contributed by atoms with E-state index in [0.29, 0.717) is 33.7 Å². The smallest absolute Gasteiger partial charge is 0.433 e. The van der Waals surface area contributed by atoms with Crippen molar-refractivity contribution in [3.05, 3.63) is 144 Å². The maximum Gasteiger partial charge on any atom is 0.433 e. The SMILES string of the molecule is CC(C)Cc1cc(-c2[c-]ccc3c2oc2ccccc23)nc[c]1[Ge]([CH3])([CH3])[CH3].Cc1cc2nc(-c3[c-]ccc4c3oc3nc(C(F)(F)F)ccc34)n(-c3c(C(C)C)cccc3C(C)C)c2cn1.[Ir]. The predicted octanol–water partition coefficient (Wildman–Crippen LogP) is 14.9. The Kier molecular flexibility index (Phi) is 13.2. The molecule has 0 amide bonds. The number of furan rings is 2. The van der Waals surface area contributed by atoms with Crippen LogP contribution in [0.2, 0.25) is 17.3 Å². The first-order chi connectivity index (χ1) is 31.4. The zero-order chi connectivity index (χ0) is 46.8. The topological polar surface area (TPSA) is 82.8 Å². The molecule has 0 aliphatic rings. The van der Waals surface area contributed by atoms with Gasteiger partial charge in [-0.15, -0.1) is 18.2 Å². The van der Waals surface area contributed by atoms with Crippen molar-refractivity contribution in [3.8, 4) is 28.3 Å². The van der Waals surface area contributed by atoms with E-state index in [1.165, 1.54) is 16.0 Å². The van der Waals surface area contributed by atoms with E-state index < -0.39 is 25.1 Å². The van der Waals surface area contributed by atoms with E-state index in [4.69, 9.17) is 18.8 Å². The Morgan fingerprint density at radius 2 is 1.36 bits per heavy atom. The van der Waals surface area contributed by atoms with Gasteiger partial charge in [-0.2, -0.15) is 13.2 Å². The number of fused-ring (bicyclic) bond motifs is 7. The Morgan fingerprint density at radius 3 is 2.01 bits per heavy atom. The minimum atomic E-state index is -4.57. The molecule has 6 aromatic heterocycles. The van der Waals surface area contributed by atoms with Gasteiger partial charge in [0, 0.05) is 36.9 Å². The average molecular weight is 1140 g/mol. The van der Waals surface area contributed by atoms with Gasteiger partial charge in [-0.1, -0.05) is 56.8 Å². The van der Waals surface area contributed by atoms with Crippen LogP contribution in [0.5, 0.6) is 0 Å². The van der Waals surface area contributed by atoms with E-state index in [9.17, 15) is 13.2 Å². The number of para-hydroxylation sites is 2. The Balaban J connectivity index is 0.000000191. The van der Waals surface area contributed by atoms with Gasteiger partial charge in [-0.25, -0.2) is 4.98 Å². The van der Waals surface area contributed by atoms with Gasteiger partial charge in [-0.05, 0) is 48.1 Å². The molecule has 345 valence electrons. The normalized spacial score (nSPS) is 12.3. The van der Waals surface area contributed by atoms with Crippen LogP contribution in [-0.4, -0.2) is 37.8 Å². The summed E-state index contributed by atoms with van der Waals surface area (Å²) in [5.41, 5.74) is 10.7. The second kappa shape index (κ2) is 18.5. The van der Waals surface area contributed by atoms with Gasteiger partial charge in [0.1, 0.15) is 5.69 Å². The fourth-order valence-corrected chi connectivity index (χ4v) is 12.3. The van der Waals surface area contributed by atoms with Gasteiger partial charge in [0.25, 0.3) is 0 Å². The van der Waals surface area contributed by atoms with Crippen LogP contribution in [0.15, 0.2) is 112 Å². The van der Waals surface area contributed by atoms with E-state index in [2.05, 4.69) is 134 Å². The zero-order valence-corrected chi connectivity index (χ0v) is 43.8. The van der Waals surface area contributed by atoms with Crippen LogP contribution in [0.4, 0.5) is 13.2 Å². The Hall–Kier alpha value is -5.62. The van der Waals surface area contributed by atoms with Crippen molar-refractivity contribution in [2.24, 2.45) is 5.92 Å². The van der Waals surface area contributed by atoms with E-state index in [-0.39, 0.29) is 37.7 Å². The molecule has 67 heavy (non-hydrogen) atoms. The third-order valence-electron chi connectivity index (χ3n) is 12.1. The number of hydrogen-bond donors (Lipinski definition) is 0. The van der Waals surface area contributed by atoms with E-state index in [0.717, 1.165) is 79.2 Å². The molecule has 0 aliphatic heterocycles. The molecule has 4 aromatic carbocycles. The van der Waals surface area contributed by atoms with Crippen LogP contribution in [0.25, 0.3) is 83.4 Å². The molecule has 0 saturated heterocycles. The molecule has 0 N–H and O–H groups in total. The Labute approximate surface area is 405 Å². The van der Waals surface area contributed by atoms with Gasteiger partial charge >= 0.3 is 170 Å². The number of pyridine rings is 3. The van der Waals surface area contributed by atoms with Gasteiger partial charge in [0.15, 0.2) is 0 Å². The number of alkyl halides is 3. The second-order valence-electron chi connectivity index (χ2n) is 19.2. The number of nitrogens with zero attached hydrogens (tertiary/aromatic N) is 5. The largest absolute Gasteiger partial charge is 0.486 e. The third-order valence-corrected chi connectivity index (χ3v) is 16.4. The van der Waals surface area contributed by atoms with Crippen molar-refractivity contribution in [1.82, 2.24) is 24.5 Å². The predicted molar refractivity (Wildman–Crippen MR) is 263 cm³/mol. The van der Waals surface area contributed by atoms with Crippen LogP contribution in [-0.2, 0) is 32.7 Å². The molecule has 0 atom stereocenters. The van der Waals surface area contributed by atoms with E-state index in [1.807, 2.05) is 37.4 Å². The van der Waals surface area contributed by atoms with Gasteiger partial charge in [0.2, 0.25) is 5.71 Å². The molecule has 10 rings (SSSR count). The number of benzene rings is 4. The van der Waals surface area contributed by atoms with E-state index in [1.54, 1.807) is 12.1 Å². The molecule has 0 spiro atoms. The quantitative estimate of drug-likeness (QED) is 0.111. The molecule has 10 aromatic rings.